The Hall–Kier alpha value is -1.63. The van der Waals surface area contributed by atoms with Crippen molar-refractivity contribution in [3.05, 3.63) is 29.3 Å². The third-order valence-corrected chi connectivity index (χ3v) is 6.20. The topological polar surface area (TPSA) is 62.2 Å². The molecular formula is C22H34N2O4. The van der Waals surface area contributed by atoms with Gasteiger partial charge in [-0.1, -0.05) is 6.07 Å². The van der Waals surface area contributed by atoms with Crippen LogP contribution in [-0.2, 0) is 22.7 Å². The van der Waals surface area contributed by atoms with Crippen LogP contribution in [0.2, 0.25) is 0 Å². The van der Waals surface area contributed by atoms with Gasteiger partial charge in [-0.25, -0.2) is 0 Å². The van der Waals surface area contributed by atoms with Gasteiger partial charge in [-0.15, -0.1) is 0 Å². The zero-order chi connectivity index (χ0) is 20.1. The van der Waals surface area contributed by atoms with E-state index in [1.165, 1.54) is 5.56 Å². The van der Waals surface area contributed by atoms with Gasteiger partial charge in [-0.05, 0) is 62.4 Å². The second kappa shape index (κ2) is 9.25. The smallest absolute Gasteiger partial charge is 0.219 e. The summed E-state index contributed by atoms with van der Waals surface area (Å²) in [5.74, 6) is 0.941. The maximum atomic E-state index is 11.8. The van der Waals surface area contributed by atoms with Crippen LogP contribution in [0.3, 0.4) is 0 Å². The van der Waals surface area contributed by atoms with E-state index in [4.69, 9.17) is 9.47 Å². The zero-order valence-corrected chi connectivity index (χ0v) is 17.4. The summed E-state index contributed by atoms with van der Waals surface area (Å²) in [5.41, 5.74) is 2.42. The first-order valence-electron chi connectivity index (χ1n) is 10.3. The van der Waals surface area contributed by atoms with Crippen LogP contribution in [0.15, 0.2) is 18.2 Å². The fourth-order valence-electron chi connectivity index (χ4n) is 4.65. The predicted molar refractivity (Wildman–Crippen MR) is 108 cm³/mol. The SMILES string of the molecule is CCOCc1cc(CN2CCC3(CC2)CC(O)CN(C(C)=O)C3)ccc1OC. The summed E-state index contributed by atoms with van der Waals surface area (Å²) < 4.78 is 11.0. The van der Waals surface area contributed by atoms with Crippen LogP contribution in [0.4, 0.5) is 0 Å². The van der Waals surface area contributed by atoms with Crippen molar-refractivity contribution in [2.75, 3.05) is 39.9 Å². The Morgan fingerprint density at radius 2 is 2.07 bits per heavy atom. The van der Waals surface area contributed by atoms with Crippen molar-refractivity contribution in [1.29, 1.82) is 0 Å². The minimum Gasteiger partial charge on any atom is -0.496 e. The molecule has 2 saturated heterocycles. The summed E-state index contributed by atoms with van der Waals surface area (Å²) in [4.78, 5) is 16.1. The Morgan fingerprint density at radius 1 is 1.32 bits per heavy atom. The average molecular weight is 391 g/mol. The van der Waals surface area contributed by atoms with Crippen LogP contribution in [0, 0.1) is 5.41 Å². The second-order valence-corrected chi connectivity index (χ2v) is 8.32. The standard InChI is InChI=1S/C22H34N2O4/c1-4-28-15-19-11-18(5-6-21(19)27-3)13-23-9-7-22(8-10-23)12-20(26)14-24(16-22)17(2)25/h5-6,11,20,26H,4,7-10,12-16H2,1-3H3. The molecule has 1 spiro atoms. The third kappa shape index (κ3) is 5.04. The molecule has 2 heterocycles. The molecule has 28 heavy (non-hydrogen) atoms. The van der Waals surface area contributed by atoms with Crippen molar-refractivity contribution in [1.82, 2.24) is 9.80 Å². The lowest BCUT2D eigenvalue weighted by atomic mass is 9.71. The number of benzene rings is 1. The highest BCUT2D eigenvalue weighted by Gasteiger charge is 2.42. The van der Waals surface area contributed by atoms with Gasteiger partial charge in [-0.3, -0.25) is 9.69 Å². The van der Waals surface area contributed by atoms with E-state index in [-0.39, 0.29) is 11.3 Å². The monoisotopic (exact) mass is 390 g/mol. The predicted octanol–water partition coefficient (Wildman–Crippen LogP) is 2.43. The van der Waals surface area contributed by atoms with Crippen LogP contribution in [0.5, 0.6) is 5.75 Å². The molecule has 1 amide bonds. The number of carbonyl (C=O) groups excluding carboxylic acids is 1. The van der Waals surface area contributed by atoms with Crippen LogP contribution >= 0.6 is 0 Å². The van der Waals surface area contributed by atoms with Gasteiger partial charge in [0.2, 0.25) is 5.91 Å². The average Bonchev–Trinajstić information content (AvgIpc) is 2.68. The number of ether oxygens (including phenoxy) is 2. The molecule has 0 saturated carbocycles. The largest absolute Gasteiger partial charge is 0.496 e. The molecule has 3 rings (SSSR count). The normalized spacial score (nSPS) is 22.4. The number of hydrogen-bond donors (Lipinski definition) is 1. The van der Waals surface area contributed by atoms with Gasteiger partial charge in [0.15, 0.2) is 0 Å². The van der Waals surface area contributed by atoms with Crippen molar-refractivity contribution in [3.63, 3.8) is 0 Å². The molecule has 2 fully saturated rings. The van der Waals surface area contributed by atoms with E-state index in [1.807, 2.05) is 17.9 Å². The Bertz CT molecular complexity index is 671. The summed E-state index contributed by atoms with van der Waals surface area (Å²) in [7, 11) is 1.69. The van der Waals surface area contributed by atoms with E-state index < -0.39 is 6.10 Å². The van der Waals surface area contributed by atoms with Crippen LogP contribution in [-0.4, -0.2) is 66.8 Å². The molecule has 0 bridgehead atoms. The molecule has 0 radical (unpaired) electrons. The van der Waals surface area contributed by atoms with Gasteiger partial charge in [0.05, 0.1) is 19.8 Å². The number of piperidine rings is 2. The highest BCUT2D eigenvalue weighted by Crippen LogP contribution is 2.40. The maximum absolute atomic E-state index is 11.8. The number of aliphatic hydroxyl groups excluding tert-OH is 1. The first-order valence-corrected chi connectivity index (χ1v) is 10.3. The molecule has 2 aliphatic heterocycles. The van der Waals surface area contributed by atoms with E-state index >= 15 is 0 Å². The van der Waals surface area contributed by atoms with Crippen LogP contribution < -0.4 is 4.74 Å². The quantitative estimate of drug-likeness (QED) is 0.808. The van der Waals surface area contributed by atoms with Crippen LogP contribution in [0.25, 0.3) is 0 Å². The van der Waals surface area contributed by atoms with E-state index in [1.54, 1.807) is 14.0 Å². The van der Waals surface area contributed by atoms with Crippen molar-refractivity contribution >= 4 is 5.91 Å². The van der Waals surface area contributed by atoms with Crippen molar-refractivity contribution in [2.24, 2.45) is 5.41 Å². The number of carbonyl (C=O) groups is 1. The highest BCUT2D eigenvalue weighted by atomic mass is 16.5. The molecule has 1 aromatic rings. The van der Waals surface area contributed by atoms with E-state index in [0.29, 0.717) is 19.8 Å². The molecule has 2 aliphatic rings. The summed E-state index contributed by atoms with van der Waals surface area (Å²) in [6.45, 7) is 9.00. The minimum atomic E-state index is -0.396. The fraction of sp³-hybridized carbons (Fsp3) is 0.682. The maximum Gasteiger partial charge on any atom is 0.219 e. The van der Waals surface area contributed by atoms with E-state index in [0.717, 1.165) is 56.8 Å². The van der Waals surface area contributed by atoms with E-state index in [9.17, 15) is 9.90 Å². The number of rotatable bonds is 6. The first kappa shape index (κ1) is 21.1. The summed E-state index contributed by atoms with van der Waals surface area (Å²) in [6.07, 6.45) is 2.46. The highest BCUT2D eigenvalue weighted by molar-refractivity contribution is 5.73. The number of β-amino-alcohol motifs (C(OH)–C–C–N with tert-alkyl or cyclic N) is 1. The molecule has 6 nitrogen and oxygen atoms in total. The number of aliphatic hydroxyl groups is 1. The molecule has 1 N–H and O–H groups in total. The Kier molecular flexibility index (Phi) is 6.96. The molecule has 0 aromatic heterocycles. The number of hydrogen-bond acceptors (Lipinski definition) is 5. The number of methoxy groups -OCH3 is 1. The molecule has 1 aromatic carbocycles. The number of likely N-dealkylation sites (tertiary alicyclic amines) is 2. The molecule has 0 aliphatic carbocycles. The lowest BCUT2D eigenvalue weighted by Crippen LogP contribution is -2.54. The third-order valence-electron chi connectivity index (χ3n) is 6.20. The van der Waals surface area contributed by atoms with Crippen molar-refractivity contribution in [2.45, 2.75) is 52.4 Å². The van der Waals surface area contributed by atoms with Crippen molar-refractivity contribution < 1.29 is 19.4 Å². The lowest BCUT2D eigenvalue weighted by Gasteiger charge is -2.49. The minimum absolute atomic E-state index is 0.0693. The van der Waals surface area contributed by atoms with Gasteiger partial charge in [0, 0.05) is 38.7 Å². The number of amides is 1. The van der Waals surface area contributed by atoms with Gasteiger partial charge in [0.25, 0.3) is 0 Å². The van der Waals surface area contributed by atoms with E-state index in [2.05, 4.69) is 17.0 Å². The molecule has 1 unspecified atom stereocenters. The molecular weight excluding hydrogens is 356 g/mol. The van der Waals surface area contributed by atoms with Gasteiger partial charge in [0.1, 0.15) is 5.75 Å². The summed E-state index contributed by atoms with van der Waals surface area (Å²) in [5, 5.41) is 10.3. The van der Waals surface area contributed by atoms with Gasteiger partial charge >= 0.3 is 0 Å². The fourth-order valence-corrected chi connectivity index (χ4v) is 4.65. The summed E-state index contributed by atoms with van der Waals surface area (Å²) >= 11 is 0. The summed E-state index contributed by atoms with van der Waals surface area (Å²) in [6, 6.07) is 6.33. The Morgan fingerprint density at radius 3 is 2.71 bits per heavy atom. The van der Waals surface area contributed by atoms with Crippen molar-refractivity contribution in [3.8, 4) is 5.75 Å². The molecule has 1 atom stereocenters. The Labute approximate surface area is 168 Å². The molecule has 156 valence electrons. The zero-order valence-electron chi connectivity index (χ0n) is 17.4. The van der Waals surface area contributed by atoms with Gasteiger partial charge < -0.3 is 19.5 Å². The molecule has 6 heteroatoms. The Balaban J connectivity index is 1.60. The van der Waals surface area contributed by atoms with Crippen LogP contribution in [0.1, 0.15) is 44.2 Å². The lowest BCUT2D eigenvalue weighted by molar-refractivity contribution is -0.138. The second-order valence-electron chi connectivity index (χ2n) is 8.32. The first-order chi connectivity index (χ1) is 13.4. The van der Waals surface area contributed by atoms with Gasteiger partial charge in [-0.2, -0.15) is 0 Å². The number of nitrogens with zero attached hydrogens (tertiary/aromatic N) is 2.